The number of hydrogen-bond donors (Lipinski definition) is 0. The zero-order valence-corrected chi connectivity index (χ0v) is 10.2. The molecule has 0 saturated carbocycles. The highest BCUT2D eigenvalue weighted by Crippen LogP contribution is 2.30. The molecule has 0 spiro atoms. The lowest BCUT2D eigenvalue weighted by atomic mass is 10.2. The molecule has 4 nitrogen and oxygen atoms in total. The van der Waals surface area contributed by atoms with E-state index in [0.29, 0.717) is 15.9 Å². The van der Waals surface area contributed by atoms with Crippen molar-refractivity contribution in [1.82, 2.24) is 4.98 Å². The maximum absolute atomic E-state index is 10.8. The van der Waals surface area contributed by atoms with Crippen LogP contribution in [0.25, 0.3) is 10.9 Å². The van der Waals surface area contributed by atoms with Crippen molar-refractivity contribution < 1.29 is 4.92 Å². The number of nitro groups is 1. The Morgan fingerprint density at radius 3 is 2.87 bits per heavy atom. The van der Waals surface area contributed by atoms with E-state index in [1.807, 2.05) is 0 Å². The monoisotopic (exact) mass is 334 g/mol. The van der Waals surface area contributed by atoms with E-state index in [9.17, 15) is 10.1 Å². The largest absolute Gasteiger partial charge is 0.278 e. The third kappa shape index (κ3) is 1.89. The Morgan fingerprint density at radius 1 is 1.47 bits per heavy atom. The molecular formula is C9H4ClIN2O2. The van der Waals surface area contributed by atoms with Crippen LogP contribution < -0.4 is 0 Å². The number of fused-ring (bicyclic) bond motifs is 1. The predicted octanol–water partition coefficient (Wildman–Crippen LogP) is 3.40. The summed E-state index contributed by atoms with van der Waals surface area (Å²) in [4.78, 5) is 14.4. The molecule has 0 saturated heterocycles. The highest BCUT2D eigenvalue weighted by atomic mass is 127. The summed E-state index contributed by atoms with van der Waals surface area (Å²) < 4.78 is 0.838. The molecule has 1 heterocycles. The van der Waals surface area contributed by atoms with Gasteiger partial charge in [0, 0.05) is 15.8 Å². The van der Waals surface area contributed by atoms with Crippen molar-refractivity contribution in [3.8, 4) is 0 Å². The lowest BCUT2D eigenvalue weighted by Gasteiger charge is -2.01. The van der Waals surface area contributed by atoms with Gasteiger partial charge in [0.05, 0.1) is 20.8 Å². The van der Waals surface area contributed by atoms with Gasteiger partial charge in [-0.2, -0.15) is 0 Å². The molecule has 0 unspecified atom stereocenters. The van der Waals surface area contributed by atoms with Crippen molar-refractivity contribution in [1.29, 1.82) is 0 Å². The minimum absolute atomic E-state index is 0.0282. The number of aromatic nitrogens is 1. The van der Waals surface area contributed by atoms with Crippen LogP contribution in [0.15, 0.2) is 24.4 Å². The van der Waals surface area contributed by atoms with Crippen molar-refractivity contribution in [2.75, 3.05) is 0 Å². The molecule has 0 aliphatic rings. The summed E-state index contributed by atoms with van der Waals surface area (Å²) in [6.45, 7) is 0. The summed E-state index contributed by atoms with van der Waals surface area (Å²) in [6.07, 6.45) is 1.62. The Morgan fingerprint density at radius 2 is 2.20 bits per heavy atom. The fourth-order valence-electron chi connectivity index (χ4n) is 1.30. The predicted molar refractivity (Wildman–Crippen MR) is 66.1 cm³/mol. The maximum atomic E-state index is 10.8. The fraction of sp³-hybridized carbons (Fsp3) is 0. The van der Waals surface area contributed by atoms with Gasteiger partial charge in [-0.25, -0.2) is 0 Å². The van der Waals surface area contributed by atoms with E-state index >= 15 is 0 Å². The van der Waals surface area contributed by atoms with E-state index in [-0.39, 0.29) is 5.69 Å². The van der Waals surface area contributed by atoms with E-state index in [4.69, 9.17) is 11.6 Å². The van der Waals surface area contributed by atoms with E-state index in [0.717, 1.165) is 3.57 Å². The van der Waals surface area contributed by atoms with Crippen molar-refractivity contribution in [3.63, 3.8) is 0 Å². The van der Waals surface area contributed by atoms with Gasteiger partial charge in [0.2, 0.25) is 0 Å². The summed E-state index contributed by atoms with van der Waals surface area (Å²) in [7, 11) is 0. The lowest BCUT2D eigenvalue weighted by molar-refractivity contribution is -0.383. The smallest absolute Gasteiger partial charge is 0.258 e. The molecule has 0 amide bonds. The quantitative estimate of drug-likeness (QED) is 0.456. The maximum Gasteiger partial charge on any atom is 0.278 e. The summed E-state index contributed by atoms with van der Waals surface area (Å²) in [5.41, 5.74) is 0.492. The van der Waals surface area contributed by atoms with Gasteiger partial charge in [-0.15, -0.1) is 0 Å². The van der Waals surface area contributed by atoms with E-state index < -0.39 is 4.92 Å². The number of nitro benzene ring substituents is 1. The second-order valence-corrected chi connectivity index (χ2v) is 4.53. The number of pyridine rings is 1. The number of nitrogens with zero attached hydrogens (tertiary/aromatic N) is 2. The first-order valence-electron chi connectivity index (χ1n) is 3.98. The molecule has 0 aliphatic heterocycles. The van der Waals surface area contributed by atoms with Gasteiger partial charge >= 0.3 is 0 Å². The topological polar surface area (TPSA) is 56.0 Å². The van der Waals surface area contributed by atoms with Crippen LogP contribution in [0.2, 0.25) is 5.02 Å². The second kappa shape index (κ2) is 3.90. The van der Waals surface area contributed by atoms with Gasteiger partial charge in [0.15, 0.2) is 0 Å². The minimum Gasteiger partial charge on any atom is -0.258 e. The first kappa shape index (κ1) is 10.6. The molecule has 0 N–H and O–H groups in total. The van der Waals surface area contributed by atoms with Gasteiger partial charge in [0.25, 0.3) is 5.69 Å². The van der Waals surface area contributed by atoms with Gasteiger partial charge < -0.3 is 0 Å². The Hall–Kier alpha value is -0.950. The number of rotatable bonds is 1. The molecule has 6 heteroatoms. The third-order valence-corrected chi connectivity index (χ3v) is 2.84. The second-order valence-electron chi connectivity index (χ2n) is 2.87. The summed E-state index contributed by atoms with van der Waals surface area (Å²) >= 11 is 7.95. The van der Waals surface area contributed by atoms with Crippen molar-refractivity contribution in [3.05, 3.63) is 43.1 Å². The number of benzene rings is 1. The molecular weight excluding hydrogens is 330 g/mol. The first-order chi connectivity index (χ1) is 7.09. The average Bonchev–Trinajstić information content (AvgIpc) is 2.17. The van der Waals surface area contributed by atoms with Crippen LogP contribution in [0.3, 0.4) is 0 Å². The minimum atomic E-state index is -0.434. The van der Waals surface area contributed by atoms with Crippen LogP contribution in [0, 0.1) is 13.7 Å². The molecule has 1 aromatic heterocycles. The van der Waals surface area contributed by atoms with Crippen LogP contribution in [-0.2, 0) is 0 Å². The lowest BCUT2D eigenvalue weighted by Crippen LogP contribution is -1.91. The highest BCUT2D eigenvalue weighted by molar-refractivity contribution is 14.1. The van der Waals surface area contributed by atoms with Crippen LogP contribution in [0.1, 0.15) is 0 Å². The zero-order chi connectivity index (χ0) is 11.0. The molecule has 2 rings (SSSR count). The molecule has 76 valence electrons. The summed E-state index contributed by atoms with van der Waals surface area (Å²) in [5.74, 6) is 0. The molecule has 0 radical (unpaired) electrons. The molecule has 0 aliphatic carbocycles. The zero-order valence-electron chi connectivity index (χ0n) is 7.28. The van der Waals surface area contributed by atoms with Gasteiger partial charge in [-0.1, -0.05) is 11.6 Å². The number of non-ortho nitro benzene ring substituents is 1. The molecule has 15 heavy (non-hydrogen) atoms. The standard InChI is InChI=1S/C9H4ClIN2O2/c10-7-1-2-8(13(14)15)6-3-5(11)4-12-9(6)7/h1-4H. The Kier molecular flexibility index (Phi) is 2.74. The Labute approximate surface area is 104 Å². The van der Waals surface area contributed by atoms with Gasteiger partial charge in [-0.3, -0.25) is 15.1 Å². The normalized spacial score (nSPS) is 10.5. The molecule has 0 fully saturated rings. The van der Waals surface area contributed by atoms with Crippen LogP contribution >= 0.6 is 34.2 Å². The van der Waals surface area contributed by atoms with Crippen LogP contribution in [0.5, 0.6) is 0 Å². The van der Waals surface area contributed by atoms with E-state index in [2.05, 4.69) is 27.6 Å². The van der Waals surface area contributed by atoms with Gasteiger partial charge in [-0.05, 0) is 34.7 Å². The van der Waals surface area contributed by atoms with Crippen molar-refractivity contribution >= 4 is 50.8 Å². The molecule has 2 aromatic rings. The summed E-state index contributed by atoms with van der Waals surface area (Å²) in [5, 5.41) is 11.7. The average molecular weight is 334 g/mol. The summed E-state index contributed by atoms with van der Waals surface area (Å²) in [6, 6.07) is 4.58. The van der Waals surface area contributed by atoms with E-state index in [1.165, 1.54) is 12.1 Å². The molecule has 0 atom stereocenters. The fourth-order valence-corrected chi connectivity index (χ4v) is 1.97. The van der Waals surface area contributed by atoms with Gasteiger partial charge in [0.1, 0.15) is 0 Å². The molecule has 0 bridgehead atoms. The Bertz CT molecular complexity index is 559. The van der Waals surface area contributed by atoms with E-state index in [1.54, 1.807) is 12.3 Å². The SMILES string of the molecule is O=[N+]([O-])c1ccc(Cl)c2ncc(I)cc12. The van der Waals surface area contributed by atoms with Crippen molar-refractivity contribution in [2.24, 2.45) is 0 Å². The first-order valence-corrected chi connectivity index (χ1v) is 5.43. The molecule has 1 aromatic carbocycles. The third-order valence-electron chi connectivity index (χ3n) is 1.94. The van der Waals surface area contributed by atoms with Crippen molar-refractivity contribution in [2.45, 2.75) is 0 Å². The van der Waals surface area contributed by atoms with Crippen LogP contribution in [-0.4, -0.2) is 9.91 Å². The highest BCUT2D eigenvalue weighted by Gasteiger charge is 2.14. The number of hydrogen-bond acceptors (Lipinski definition) is 3. The van der Waals surface area contributed by atoms with Crippen LogP contribution in [0.4, 0.5) is 5.69 Å². The Balaban J connectivity index is 2.90. The number of halogens is 2.